The average Bonchev–Trinajstić information content (AvgIpc) is 2.52. The van der Waals surface area contributed by atoms with Crippen molar-refractivity contribution in [3.8, 4) is 0 Å². The van der Waals surface area contributed by atoms with Gasteiger partial charge in [-0.2, -0.15) is 0 Å². The van der Waals surface area contributed by atoms with Crippen LogP contribution in [0.15, 0.2) is 60.7 Å². The molecule has 2 N–H and O–H groups in total. The van der Waals surface area contributed by atoms with Crippen molar-refractivity contribution >= 4 is 0 Å². The summed E-state index contributed by atoms with van der Waals surface area (Å²) in [6, 6.07) is 20.0. The highest BCUT2D eigenvalue weighted by Crippen LogP contribution is 2.40. The van der Waals surface area contributed by atoms with Gasteiger partial charge in [0.05, 0.1) is 12.2 Å². The molecule has 2 aromatic carbocycles. The molecule has 1 fully saturated rings. The second-order valence-electron chi connectivity index (χ2n) is 5.59. The number of aliphatic hydroxyl groups excluding tert-OH is 2. The molecule has 2 heteroatoms. The summed E-state index contributed by atoms with van der Waals surface area (Å²) < 4.78 is 0. The molecule has 3 rings (SSSR count). The van der Waals surface area contributed by atoms with Crippen molar-refractivity contribution in [1.29, 1.82) is 0 Å². The number of rotatable bonds is 2. The van der Waals surface area contributed by atoms with E-state index >= 15 is 0 Å². The highest BCUT2D eigenvalue weighted by molar-refractivity contribution is 5.27. The van der Waals surface area contributed by atoms with Crippen LogP contribution < -0.4 is 0 Å². The first kappa shape index (κ1) is 13.3. The molecule has 0 radical (unpaired) electrons. The van der Waals surface area contributed by atoms with Crippen LogP contribution in [0.25, 0.3) is 0 Å². The summed E-state index contributed by atoms with van der Waals surface area (Å²) >= 11 is 0. The fourth-order valence-corrected chi connectivity index (χ4v) is 3.30. The van der Waals surface area contributed by atoms with E-state index < -0.39 is 12.2 Å². The summed E-state index contributed by atoms with van der Waals surface area (Å²) in [6.45, 7) is 0. The van der Waals surface area contributed by atoms with Crippen molar-refractivity contribution < 1.29 is 10.2 Å². The highest BCUT2D eigenvalue weighted by atomic mass is 16.3. The van der Waals surface area contributed by atoms with E-state index in [1.807, 2.05) is 60.7 Å². The second-order valence-corrected chi connectivity index (χ2v) is 5.59. The van der Waals surface area contributed by atoms with Crippen LogP contribution in [0, 0.1) is 0 Å². The van der Waals surface area contributed by atoms with Crippen molar-refractivity contribution in [3.05, 3.63) is 71.8 Å². The van der Waals surface area contributed by atoms with Gasteiger partial charge in [-0.05, 0) is 24.0 Å². The minimum Gasteiger partial charge on any atom is -0.390 e. The molecule has 4 atom stereocenters. The normalized spacial score (nSPS) is 30.1. The van der Waals surface area contributed by atoms with Crippen LogP contribution in [0.4, 0.5) is 0 Å². The molecule has 2 aromatic rings. The van der Waals surface area contributed by atoms with Gasteiger partial charge in [0, 0.05) is 11.8 Å². The third kappa shape index (κ3) is 2.49. The van der Waals surface area contributed by atoms with E-state index in [9.17, 15) is 10.2 Å². The lowest BCUT2D eigenvalue weighted by Crippen LogP contribution is -2.41. The lowest BCUT2D eigenvalue weighted by Gasteiger charge is -2.38. The van der Waals surface area contributed by atoms with Crippen molar-refractivity contribution in [3.63, 3.8) is 0 Å². The van der Waals surface area contributed by atoms with Crippen LogP contribution in [-0.2, 0) is 0 Å². The molecule has 1 aliphatic carbocycles. The van der Waals surface area contributed by atoms with E-state index in [4.69, 9.17) is 0 Å². The predicted molar refractivity (Wildman–Crippen MR) is 79.6 cm³/mol. The molecule has 0 saturated heterocycles. The van der Waals surface area contributed by atoms with Gasteiger partial charge >= 0.3 is 0 Å². The summed E-state index contributed by atoms with van der Waals surface area (Å²) in [5.41, 5.74) is 2.23. The summed E-state index contributed by atoms with van der Waals surface area (Å²) in [7, 11) is 0. The molecule has 1 saturated carbocycles. The first-order valence-corrected chi connectivity index (χ1v) is 7.23. The van der Waals surface area contributed by atoms with E-state index in [0.29, 0.717) is 0 Å². The molecule has 104 valence electrons. The Morgan fingerprint density at radius 2 is 0.950 bits per heavy atom. The van der Waals surface area contributed by atoms with E-state index in [2.05, 4.69) is 0 Å². The zero-order chi connectivity index (χ0) is 13.9. The largest absolute Gasteiger partial charge is 0.390 e. The fraction of sp³-hybridized carbons (Fsp3) is 0.333. The topological polar surface area (TPSA) is 40.5 Å². The maximum absolute atomic E-state index is 10.5. The Hall–Kier alpha value is -1.64. The van der Waals surface area contributed by atoms with Crippen LogP contribution in [0.5, 0.6) is 0 Å². The molecule has 0 aliphatic heterocycles. The standard InChI is InChI=1S/C18H20O2/c19-17-15(13-7-3-1-4-8-13)11-12-16(18(17)20)14-9-5-2-6-10-14/h1-10,15-20H,11-12H2/t15-,16+,17+,18-. The molecular weight excluding hydrogens is 248 g/mol. The first-order valence-electron chi connectivity index (χ1n) is 7.23. The van der Waals surface area contributed by atoms with Crippen LogP contribution in [0.1, 0.15) is 35.8 Å². The SMILES string of the molecule is O[C@@H]1[C@H](O)[C@H](c2ccccc2)CC[C@@H]1c1ccccc1. The smallest absolute Gasteiger partial charge is 0.0873 e. The molecule has 0 spiro atoms. The van der Waals surface area contributed by atoms with E-state index in [0.717, 1.165) is 24.0 Å². The van der Waals surface area contributed by atoms with Crippen molar-refractivity contribution in [2.45, 2.75) is 36.9 Å². The summed E-state index contributed by atoms with van der Waals surface area (Å²) in [5.74, 6) is 0.0670. The Morgan fingerprint density at radius 1 is 0.600 bits per heavy atom. The zero-order valence-corrected chi connectivity index (χ0v) is 11.4. The molecule has 0 aromatic heterocycles. The van der Waals surface area contributed by atoms with E-state index in [1.54, 1.807) is 0 Å². The Labute approximate surface area is 119 Å². The summed E-state index contributed by atoms with van der Waals surface area (Å²) in [6.07, 6.45) is 0.413. The maximum Gasteiger partial charge on any atom is 0.0873 e. The molecule has 0 bridgehead atoms. The lowest BCUT2D eigenvalue weighted by molar-refractivity contribution is -0.0361. The van der Waals surface area contributed by atoms with Gasteiger partial charge in [0.1, 0.15) is 0 Å². The Morgan fingerprint density at radius 3 is 1.30 bits per heavy atom. The van der Waals surface area contributed by atoms with Gasteiger partial charge in [0.25, 0.3) is 0 Å². The molecule has 2 nitrogen and oxygen atoms in total. The maximum atomic E-state index is 10.5. The second kappa shape index (κ2) is 5.78. The van der Waals surface area contributed by atoms with Gasteiger partial charge < -0.3 is 10.2 Å². The fourth-order valence-electron chi connectivity index (χ4n) is 3.30. The molecule has 0 unspecified atom stereocenters. The van der Waals surface area contributed by atoms with Crippen LogP contribution >= 0.6 is 0 Å². The number of hydrogen-bond acceptors (Lipinski definition) is 2. The first-order chi connectivity index (χ1) is 9.77. The van der Waals surface area contributed by atoms with Gasteiger partial charge in [-0.3, -0.25) is 0 Å². The quantitative estimate of drug-likeness (QED) is 0.878. The van der Waals surface area contributed by atoms with E-state index in [-0.39, 0.29) is 11.8 Å². The van der Waals surface area contributed by atoms with Gasteiger partial charge in [0.15, 0.2) is 0 Å². The molecule has 0 heterocycles. The molecule has 0 amide bonds. The Bertz CT molecular complexity index is 486. The van der Waals surface area contributed by atoms with Crippen molar-refractivity contribution in [1.82, 2.24) is 0 Å². The van der Waals surface area contributed by atoms with Crippen LogP contribution in [-0.4, -0.2) is 22.4 Å². The highest BCUT2D eigenvalue weighted by Gasteiger charge is 2.38. The Balaban J connectivity index is 1.81. The van der Waals surface area contributed by atoms with Gasteiger partial charge in [-0.25, -0.2) is 0 Å². The molecular formula is C18H20O2. The summed E-state index contributed by atoms with van der Waals surface area (Å²) in [4.78, 5) is 0. The van der Waals surface area contributed by atoms with Crippen molar-refractivity contribution in [2.75, 3.05) is 0 Å². The zero-order valence-electron chi connectivity index (χ0n) is 11.4. The number of hydrogen-bond donors (Lipinski definition) is 2. The molecule has 1 aliphatic rings. The van der Waals surface area contributed by atoms with Crippen LogP contribution in [0.2, 0.25) is 0 Å². The number of aliphatic hydroxyl groups is 2. The Kier molecular flexibility index (Phi) is 3.86. The van der Waals surface area contributed by atoms with Crippen LogP contribution in [0.3, 0.4) is 0 Å². The van der Waals surface area contributed by atoms with Crippen molar-refractivity contribution in [2.24, 2.45) is 0 Å². The van der Waals surface area contributed by atoms with Gasteiger partial charge in [0.2, 0.25) is 0 Å². The third-order valence-electron chi connectivity index (χ3n) is 4.42. The monoisotopic (exact) mass is 268 g/mol. The lowest BCUT2D eigenvalue weighted by atomic mass is 9.72. The summed E-state index contributed by atoms with van der Waals surface area (Å²) in [5, 5.41) is 20.9. The minimum absolute atomic E-state index is 0.0335. The predicted octanol–water partition coefficient (Wildman–Crippen LogP) is 3.07. The molecule has 20 heavy (non-hydrogen) atoms. The minimum atomic E-state index is -0.698. The van der Waals surface area contributed by atoms with E-state index in [1.165, 1.54) is 0 Å². The van der Waals surface area contributed by atoms with Gasteiger partial charge in [-0.1, -0.05) is 60.7 Å². The number of benzene rings is 2. The average molecular weight is 268 g/mol. The third-order valence-corrected chi connectivity index (χ3v) is 4.42. The van der Waals surface area contributed by atoms with Gasteiger partial charge in [-0.15, -0.1) is 0 Å².